The Labute approximate surface area is 174 Å². The number of aromatic nitrogens is 2. The zero-order valence-corrected chi connectivity index (χ0v) is 17.0. The summed E-state index contributed by atoms with van der Waals surface area (Å²) in [4.78, 5) is 24.1. The van der Waals surface area contributed by atoms with E-state index in [0.717, 1.165) is 19.3 Å². The zero-order chi connectivity index (χ0) is 20.9. The smallest absolute Gasteiger partial charge is 0.320 e. The van der Waals surface area contributed by atoms with Gasteiger partial charge in [0.25, 0.3) is 5.91 Å². The molecule has 1 aromatic carbocycles. The average molecular weight is 410 g/mol. The molecule has 1 amide bonds. The summed E-state index contributed by atoms with van der Waals surface area (Å²) < 4.78 is 7.17. The summed E-state index contributed by atoms with van der Waals surface area (Å²) in [5.74, 6) is 2.18. The molecular formula is C22H26N4O4. The summed E-state index contributed by atoms with van der Waals surface area (Å²) >= 11 is 0. The molecule has 0 unspecified atom stereocenters. The minimum absolute atomic E-state index is 0.121. The molecule has 0 radical (unpaired) electrons. The SMILES string of the molecule is CCOc1ccc(NC(=O)c2nn(C34CC5CC(CC(C5)C3)C4)cc2[N+](=O)[O-])cc1. The van der Waals surface area contributed by atoms with Gasteiger partial charge in [-0.2, -0.15) is 5.10 Å². The highest BCUT2D eigenvalue weighted by Gasteiger charge is 2.53. The maximum atomic E-state index is 12.9. The van der Waals surface area contributed by atoms with Crippen molar-refractivity contribution >= 4 is 17.3 Å². The second-order valence-electron chi connectivity index (χ2n) is 9.12. The lowest BCUT2D eigenvalue weighted by Gasteiger charge is -2.56. The third kappa shape index (κ3) is 3.24. The van der Waals surface area contributed by atoms with E-state index in [9.17, 15) is 14.9 Å². The first-order valence-electron chi connectivity index (χ1n) is 10.7. The predicted molar refractivity (Wildman–Crippen MR) is 111 cm³/mol. The van der Waals surface area contributed by atoms with E-state index < -0.39 is 10.8 Å². The molecule has 1 N–H and O–H groups in total. The van der Waals surface area contributed by atoms with Crippen LogP contribution in [0.3, 0.4) is 0 Å². The van der Waals surface area contributed by atoms with Gasteiger partial charge in [0.15, 0.2) is 0 Å². The van der Waals surface area contributed by atoms with E-state index in [-0.39, 0.29) is 16.9 Å². The van der Waals surface area contributed by atoms with Gasteiger partial charge >= 0.3 is 5.69 Å². The monoisotopic (exact) mass is 410 g/mol. The van der Waals surface area contributed by atoms with Gasteiger partial charge in [0, 0.05) is 5.69 Å². The van der Waals surface area contributed by atoms with Gasteiger partial charge in [-0.1, -0.05) is 0 Å². The first-order chi connectivity index (χ1) is 14.5. The Morgan fingerprint density at radius 3 is 2.33 bits per heavy atom. The molecule has 1 heterocycles. The molecule has 0 atom stereocenters. The van der Waals surface area contributed by atoms with Crippen LogP contribution < -0.4 is 10.1 Å². The summed E-state index contributed by atoms with van der Waals surface area (Å²) in [5, 5.41) is 18.9. The first-order valence-corrected chi connectivity index (χ1v) is 10.7. The van der Waals surface area contributed by atoms with E-state index in [2.05, 4.69) is 10.4 Å². The molecule has 2 aromatic rings. The van der Waals surface area contributed by atoms with Crippen LogP contribution in [0.5, 0.6) is 5.75 Å². The molecular weight excluding hydrogens is 384 g/mol. The Balaban J connectivity index is 1.42. The van der Waals surface area contributed by atoms with Crippen LogP contribution >= 0.6 is 0 Å². The highest BCUT2D eigenvalue weighted by atomic mass is 16.6. The third-order valence-electron chi connectivity index (χ3n) is 7.02. The molecule has 4 aliphatic carbocycles. The summed E-state index contributed by atoms with van der Waals surface area (Å²) in [5.41, 5.74) is 0.0258. The highest BCUT2D eigenvalue weighted by Crippen LogP contribution is 2.58. The topological polar surface area (TPSA) is 99.3 Å². The second kappa shape index (κ2) is 7.11. The number of benzene rings is 1. The van der Waals surface area contributed by atoms with Gasteiger partial charge in [-0.3, -0.25) is 19.6 Å². The normalized spacial score (nSPS) is 29.0. The van der Waals surface area contributed by atoms with E-state index in [1.54, 1.807) is 28.9 Å². The maximum absolute atomic E-state index is 12.9. The van der Waals surface area contributed by atoms with Crippen molar-refractivity contribution in [2.75, 3.05) is 11.9 Å². The lowest BCUT2D eigenvalue weighted by Crippen LogP contribution is -2.52. The number of hydrogen-bond acceptors (Lipinski definition) is 5. The predicted octanol–water partition coefficient (Wildman–Crippen LogP) is 4.37. The van der Waals surface area contributed by atoms with Crippen LogP contribution in [0.4, 0.5) is 11.4 Å². The van der Waals surface area contributed by atoms with Crippen molar-refractivity contribution in [1.82, 2.24) is 9.78 Å². The average Bonchev–Trinajstić information content (AvgIpc) is 3.16. The lowest BCUT2D eigenvalue weighted by molar-refractivity contribution is -0.385. The fourth-order valence-corrected chi connectivity index (χ4v) is 6.24. The van der Waals surface area contributed by atoms with Gasteiger partial charge in [-0.15, -0.1) is 0 Å². The molecule has 4 fully saturated rings. The number of nitro groups is 1. The molecule has 8 nitrogen and oxygen atoms in total. The van der Waals surface area contributed by atoms with Crippen molar-refractivity contribution in [1.29, 1.82) is 0 Å². The zero-order valence-electron chi connectivity index (χ0n) is 17.0. The van der Waals surface area contributed by atoms with Crippen LogP contribution in [0.1, 0.15) is 55.9 Å². The number of nitrogens with zero attached hydrogens (tertiary/aromatic N) is 3. The molecule has 1 aromatic heterocycles. The number of carbonyl (C=O) groups is 1. The summed E-state index contributed by atoms with van der Waals surface area (Å²) in [6, 6.07) is 6.93. The van der Waals surface area contributed by atoms with Crippen molar-refractivity contribution in [2.24, 2.45) is 17.8 Å². The molecule has 8 heteroatoms. The minimum atomic E-state index is -0.561. The number of hydrogen-bond donors (Lipinski definition) is 1. The number of ether oxygens (including phenoxy) is 1. The van der Waals surface area contributed by atoms with Crippen LogP contribution in [0.25, 0.3) is 0 Å². The second-order valence-corrected chi connectivity index (χ2v) is 9.12. The van der Waals surface area contributed by atoms with Gasteiger partial charge in [-0.25, -0.2) is 0 Å². The molecule has 0 spiro atoms. The number of nitrogens with one attached hydrogen (secondary N) is 1. The van der Waals surface area contributed by atoms with Crippen LogP contribution in [0, 0.1) is 27.9 Å². The molecule has 0 aliphatic heterocycles. The first kappa shape index (κ1) is 19.1. The van der Waals surface area contributed by atoms with Gasteiger partial charge in [0.2, 0.25) is 5.69 Å². The maximum Gasteiger partial charge on any atom is 0.320 e. The third-order valence-corrected chi connectivity index (χ3v) is 7.02. The van der Waals surface area contributed by atoms with Crippen molar-refractivity contribution in [3.05, 3.63) is 46.3 Å². The Morgan fingerprint density at radius 1 is 1.20 bits per heavy atom. The van der Waals surface area contributed by atoms with Crippen LogP contribution in [-0.4, -0.2) is 27.2 Å². The van der Waals surface area contributed by atoms with Crippen molar-refractivity contribution in [2.45, 2.75) is 51.0 Å². The summed E-state index contributed by atoms with van der Waals surface area (Å²) in [6.45, 7) is 2.45. The van der Waals surface area contributed by atoms with Crippen molar-refractivity contribution < 1.29 is 14.5 Å². The van der Waals surface area contributed by atoms with Gasteiger partial charge < -0.3 is 10.1 Å². The highest BCUT2D eigenvalue weighted by molar-refractivity contribution is 6.05. The molecule has 30 heavy (non-hydrogen) atoms. The van der Waals surface area contributed by atoms with Crippen LogP contribution in [-0.2, 0) is 5.54 Å². The molecule has 158 valence electrons. The van der Waals surface area contributed by atoms with E-state index in [4.69, 9.17) is 4.74 Å². The van der Waals surface area contributed by atoms with Gasteiger partial charge in [-0.05, 0) is 87.5 Å². The fraction of sp³-hybridized carbons (Fsp3) is 0.545. The van der Waals surface area contributed by atoms with E-state index in [0.29, 0.717) is 35.8 Å². The molecule has 0 saturated heterocycles. The molecule has 4 bridgehead atoms. The number of rotatable bonds is 6. The Morgan fingerprint density at radius 2 is 1.80 bits per heavy atom. The van der Waals surface area contributed by atoms with Gasteiger partial charge in [0.05, 0.1) is 17.1 Å². The van der Waals surface area contributed by atoms with Crippen LogP contribution in [0.2, 0.25) is 0 Å². The lowest BCUT2D eigenvalue weighted by atomic mass is 9.53. The standard InChI is InChI=1S/C22H26N4O4/c1-2-30-18-5-3-17(4-6-18)23-21(27)20-19(26(28)29)13-25(24-20)22-10-14-7-15(11-22)9-16(8-14)12-22/h3-6,13-16H,2,7-12H2,1H3,(H,23,27). The Kier molecular flexibility index (Phi) is 4.52. The summed E-state index contributed by atoms with van der Waals surface area (Å²) in [6.07, 6.45) is 8.34. The van der Waals surface area contributed by atoms with Crippen molar-refractivity contribution in [3.8, 4) is 5.75 Å². The van der Waals surface area contributed by atoms with E-state index in [1.165, 1.54) is 25.5 Å². The number of carbonyl (C=O) groups excluding carboxylic acids is 1. The largest absolute Gasteiger partial charge is 0.494 e. The minimum Gasteiger partial charge on any atom is -0.494 e. The Hall–Kier alpha value is -2.90. The number of amides is 1. The van der Waals surface area contributed by atoms with Crippen molar-refractivity contribution in [3.63, 3.8) is 0 Å². The quantitative estimate of drug-likeness (QED) is 0.563. The molecule has 6 rings (SSSR count). The Bertz CT molecular complexity index is 946. The molecule has 4 aliphatic rings. The van der Waals surface area contributed by atoms with E-state index >= 15 is 0 Å². The number of anilines is 1. The summed E-state index contributed by atoms with van der Waals surface area (Å²) in [7, 11) is 0. The van der Waals surface area contributed by atoms with E-state index in [1.807, 2.05) is 6.92 Å². The molecule has 4 saturated carbocycles. The fourth-order valence-electron chi connectivity index (χ4n) is 6.24. The van der Waals surface area contributed by atoms with Crippen LogP contribution in [0.15, 0.2) is 30.5 Å². The van der Waals surface area contributed by atoms with Gasteiger partial charge in [0.1, 0.15) is 11.9 Å².